The number of aromatic nitrogens is 4. The van der Waals surface area contributed by atoms with Gasteiger partial charge >= 0.3 is 6.09 Å². The molecule has 0 unspecified atom stereocenters. The molecule has 3 aliphatic rings. The van der Waals surface area contributed by atoms with Gasteiger partial charge in [0.2, 0.25) is 5.91 Å². The maximum absolute atomic E-state index is 15.2. The van der Waals surface area contributed by atoms with E-state index >= 15 is 4.39 Å². The van der Waals surface area contributed by atoms with Gasteiger partial charge in [-0.3, -0.25) is 14.6 Å². The average Bonchev–Trinajstić information content (AvgIpc) is 3.64. The maximum atomic E-state index is 15.2. The van der Waals surface area contributed by atoms with Crippen molar-refractivity contribution < 1.29 is 18.7 Å². The third kappa shape index (κ3) is 6.30. The first-order valence-electron chi connectivity index (χ1n) is 14.5. The van der Waals surface area contributed by atoms with E-state index in [1.165, 1.54) is 23.5 Å². The average molecular weight is 578 g/mol. The zero-order valence-electron chi connectivity index (χ0n) is 23.7. The Morgan fingerprint density at radius 3 is 2.50 bits per heavy atom. The molecular weight excluding hydrogens is 541 g/mol. The fourth-order valence-corrected chi connectivity index (χ4v) is 5.80. The normalized spacial score (nSPS) is 20.2. The van der Waals surface area contributed by atoms with Crippen molar-refractivity contribution in [1.82, 2.24) is 30.4 Å². The molecule has 0 radical (unpaired) electrons. The fraction of sp³-hybridized carbons (Fsp3) is 0.483. The van der Waals surface area contributed by atoms with Gasteiger partial charge in [-0.25, -0.2) is 9.18 Å². The van der Waals surface area contributed by atoms with Crippen LogP contribution in [0.2, 0.25) is 0 Å². The first-order valence-corrected chi connectivity index (χ1v) is 14.5. The van der Waals surface area contributed by atoms with E-state index in [1.54, 1.807) is 16.9 Å². The molecule has 0 aliphatic carbocycles. The van der Waals surface area contributed by atoms with Gasteiger partial charge in [-0.05, 0) is 41.8 Å². The Bertz CT molecular complexity index is 1390. The number of halogens is 1. The van der Waals surface area contributed by atoms with Crippen LogP contribution in [0.15, 0.2) is 48.5 Å². The van der Waals surface area contributed by atoms with Crippen LogP contribution < -0.4 is 20.0 Å². The van der Waals surface area contributed by atoms with Crippen molar-refractivity contribution in [3.05, 3.63) is 59.9 Å². The van der Waals surface area contributed by atoms with Crippen molar-refractivity contribution in [3.63, 3.8) is 0 Å². The fourth-order valence-electron chi connectivity index (χ4n) is 5.80. The number of anilines is 3. The Labute approximate surface area is 244 Å². The Hall–Kier alpha value is -4.26. The Morgan fingerprint density at radius 2 is 1.79 bits per heavy atom. The van der Waals surface area contributed by atoms with Crippen LogP contribution >= 0.6 is 0 Å². The number of hydrogen-bond acceptors (Lipinski definition) is 9. The number of hydrogen-bond donors (Lipinski definition) is 1. The number of nitrogens with one attached hydrogen (secondary N) is 1. The van der Waals surface area contributed by atoms with Crippen LogP contribution in [0.3, 0.4) is 0 Å². The molecule has 12 nitrogen and oxygen atoms in total. The van der Waals surface area contributed by atoms with Crippen molar-refractivity contribution in [2.75, 3.05) is 67.1 Å². The molecule has 1 N–H and O–H groups in total. The SMILES string of the molecule is CC(=O)NC[C@H]1CN(c2ccc(N3CCC(n4nnc(N5CCN(Cc6ccccc6)CC5)n4)CC3)c(F)c2)C(=O)O1. The lowest BCUT2D eigenvalue weighted by Gasteiger charge is -2.34. The molecule has 3 fully saturated rings. The molecule has 1 aromatic heterocycles. The molecule has 6 rings (SSSR count). The van der Waals surface area contributed by atoms with Gasteiger partial charge in [-0.1, -0.05) is 35.4 Å². The first-order chi connectivity index (χ1) is 20.4. The van der Waals surface area contributed by atoms with Gasteiger partial charge in [0.05, 0.1) is 30.5 Å². The summed E-state index contributed by atoms with van der Waals surface area (Å²) in [4.78, 5) is 33.2. The smallest absolute Gasteiger partial charge is 0.414 e. The second-order valence-electron chi connectivity index (χ2n) is 11.1. The van der Waals surface area contributed by atoms with Crippen molar-refractivity contribution >= 4 is 29.3 Å². The molecule has 2 amide bonds. The lowest BCUT2D eigenvalue weighted by molar-refractivity contribution is -0.119. The second kappa shape index (κ2) is 12.3. The quantitative estimate of drug-likeness (QED) is 0.432. The van der Waals surface area contributed by atoms with E-state index in [9.17, 15) is 9.59 Å². The molecule has 13 heteroatoms. The summed E-state index contributed by atoms with van der Waals surface area (Å²) in [5.74, 6) is 0.0757. The minimum absolute atomic E-state index is 0.101. The highest BCUT2D eigenvalue weighted by Gasteiger charge is 2.33. The summed E-state index contributed by atoms with van der Waals surface area (Å²) >= 11 is 0. The number of cyclic esters (lactones) is 1. The topological polar surface area (TPSA) is 112 Å². The molecule has 0 bridgehead atoms. The van der Waals surface area contributed by atoms with E-state index in [4.69, 9.17) is 9.84 Å². The van der Waals surface area contributed by atoms with Crippen LogP contribution in [0.1, 0.15) is 31.4 Å². The molecule has 2 aromatic carbocycles. The summed E-state index contributed by atoms with van der Waals surface area (Å²) in [7, 11) is 0. The summed E-state index contributed by atoms with van der Waals surface area (Å²) in [5, 5.41) is 16.1. The number of carbonyl (C=O) groups excluding carboxylic acids is 2. The van der Waals surface area contributed by atoms with Gasteiger partial charge in [-0.2, -0.15) is 4.80 Å². The number of tetrazole rings is 1. The van der Waals surface area contributed by atoms with Gasteiger partial charge in [0.25, 0.3) is 5.95 Å². The first kappa shape index (κ1) is 27.9. The highest BCUT2D eigenvalue weighted by Crippen LogP contribution is 2.31. The number of piperazine rings is 1. The van der Waals surface area contributed by atoms with Gasteiger partial charge in [0, 0.05) is 52.7 Å². The number of nitrogens with zero attached hydrogens (tertiary/aromatic N) is 8. The number of amides is 2. The Morgan fingerprint density at radius 1 is 1.02 bits per heavy atom. The monoisotopic (exact) mass is 577 g/mol. The van der Waals surface area contributed by atoms with Crippen molar-refractivity contribution in [2.45, 2.75) is 38.5 Å². The predicted molar refractivity (Wildman–Crippen MR) is 155 cm³/mol. The molecule has 0 spiro atoms. The van der Waals surface area contributed by atoms with Crippen molar-refractivity contribution in [3.8, 4) is 0 Å². The summed E-state index contributed by atoms with van der Waals surface area (Å²) in [6.45, 7) is 7.74. The largest absolute Gasteiger partial charge is 0.442 e. The Kier molecular flexibility index (Phi) is 8.17. The molecule has 3 aliphatic heterocycles. The molecule has 0 saturated carbocycles. The van der Waals surface area contributed by atoms with Gasteiger partial charge in [0.1, 0.15) is 11.9 Å². The predicted octanol–water partition coefficient (Wildman–Crippen LogP) is 2.44. The molecule has 42 heavy (non-hydrogen) atoms. The van der Waals surface area contributed by atoms with Crippen LogP contribution in [0.4, 0.5) is 26.5 Å². The highest BCUT2D eigenvalue weighted by atomic mass is 19.1. The minimum atomic E-state index is -0.549. The summed E-state index contributed by atoms with van der Waals surface area (Å²) in [5.41, 5.74) is 2.25. The van der Waals surface area contributed by atoms with Crippen molar-refractivity contribution in [2.24, 2.45) is 0 Å². The maximum Gasteiger partial charge on any atom is 0.414 e. The molecule has 3 saturated heterocycles. The summed E-state index contributed by atoms with van der Waals surface area (Å²) in [6, 6.07) is 15.4. The van der Waals surface area contributed by atoms with E-state index in [0.29, 0.717) is 30.4 Å². The Balaban J connectivity index is 0.997. The molecule has 222 valence electrons. The van der Waals surface area contributed by atoms with Gasteiger partial charge in [0.15, 0.2) is 0 Å². The molecule has 1 atom stereocenters. The van der Waals surface area contributed by atoms with Crippen LogP contribution in [0, 0.1) is 5.82 Å². The summed E-state index contributed by atoms with van der Waals surface area (Å²) in [6.07, 6.45) is 0.515. The van der Waals surface area contributed by atoms with Crippen LogP contribution in [-0.4, -0.2) is 95.6 Å². The van der Waals surface area contributed by atoms with Crippen molar-refractivity contribution in [1.29, 1.82) is 0 Å². The zero-order valence-corrected chi connectivity index (χ0v) is 23.7. The van der Waals surface area contributed by atoms with E-state index in [1.807, 2.05) is 11.0 Å². The third-order valence-corrected chi connectivity index (χ3v) is 8.15. The third-order valence-electron chi connectivity index (χ3n) is 8.15. The zero-order chi connectivity index (χ0) is 29.1. The summed E-state index contributed by atoms with van der Waals surface area (Å²) < 4.78 is 20.5. The molecular formula is C29H36FN9O3. The highest BCUT2D eigenvalue weighted by molar-refractivity contribution is 5.90. The van der Waals surface area contributed by atoms with E-state index in [2.05, 4.69) is 49.7 Å². The van der Waals surface area contributed by atoms with E-state index < -0.39 is 18.0 Å². The number of carbonyl (C=O) groups is 2. The van der Waals surface area contributed by atoms with Crippen LogP contribution in [-0.2, 0) is 16.1 Å². The van der Waals surface area contributed by atoms with Crippen LogP contribution in [0.25, 0.3) is 0 Å². The molecule has 4 heterocycles. The standard InChI is InChI=1S/C29H36FN9O3/c1-21(40)31-18-25-20-38(29(41)42-25)24-7-8-27(26(30)17-24)36-11-9-23(10-12-36)39-33-28(32-34-39)37-15-13-35(14-16-37)19-22-5-3-2-4-6-22/h2-8,17,23,25H,9-16,18-20H2,1H3,(H,31,40)/t25-/m0/s1. The second-order valence-corrected chi connectivity index (χ2v) is 11.1. The lowest BCUT2D eigenvalue weighted by atomic mass is 10.0. The lowest BCUT2D eigenvalue weighted by Crippen LogP contribution is -2.46. The number of ether oxygens (including phenoxy) is 1. The van der Waals surface area contributed by atoms with Gasteiger partial charge < -0.3 is 19.9 Å². The number of piperidine rings is 1. The minimum Gasteiger partial charge on any atom is -0.442 e. The van der Waals surface area contributed by atoms with E-state index in [-0.39, 0.29) is 25.0 Å². The van der Waals surface area contributed by atoms with Gasteiger partial charge in [-0.15, -0.1) is 5.10 Å². The van der Waals surface area contributed by atoms with E-state index in [0.717, 1.165) is 45.6 Å². The number of benzene rings is 2. The van der Waals surface area contributed by atoms with Crippen LogP contribution in [0.5, 0.6) is 0 Å². The number of rotatable bonds is 8. The molecule has 3 aromatic rings.